The Balaban J connectivity index is 1.93. The van der Waals surface area contributed by atoms with Gasteiger partial charge in [0.1, 0.15) is 16.5 Å². The molecule has 20 heavy (non-hydrogen) atoms. The van der Waals surface area contributed by atoms with E-state index in [-0.39, 0.29) is 5.60 Å². The van der Waals surface area contributed by atoms with Crippen LogP contribution in [0.15, 0.2) is 0 Å². The Hall–Kier alpha value is -0.980. The highest BCUT2D eigenvalue weighted by Crippen LogP contribution is 2.44. The number of aryl methyl sites for hydroxylation is 1. The Morgan fingerprint density at radius 2 is 2.30 bits per heavy atom. The third-order valence-electron chi connectivity index (χ3n) is 4.13. The number of hydrogen-bond donors (Lipinski definition) is 1. The van der Waals surface area contributed by atoms with Crippen molar-refractivity contribution in [3.8, 4) is 0 Å². The molecule has 1 aromatic rings. The standard InChI is InChI=1S/C14H19NO4S/c1-2-19-14(5-7-18-8-6-14)13-15-11-9(12(16)17)3-4-10(11)20-13/h9H,2-8H2,1H3,(H,16,17). The number of nitrogens with zero attached hydrogens (tertiary/aromatic N) is 1. The zero-order valence-electron chi connectivity index (χ0n) is 11.6. The molecule has 5 nitrogen and oxygen atoms in total. The molecule has 1 aliphatic carbocycles. The molecule has 0 radical (unpaired) electrons. The predicted molar refractivity (Wildman–Crippen MR) is 74.2 cm³/mol. The van der Waals surface area contributed by atoms with Crippen LogP contribution in [0.3, 0.4) is 0 Å². The van der Waals surface area contributed by atoms with Gasteiger partial charge in [-0.3, -0.25) is 4.79 Å². The van der Waals surface area contributed by atoms with E-state index in [2.05, 4.69) is 4.98 Å². The molecule has 1 aliphatic heterocycles. The SMILES string of the molecule is CCOC1(c2nc3c(s2)CCC3C(=O)O)CCOCC1. The summed E-state index contributed by atoms with van der Waals surface area (Å²) in [4.78, 5) is 17.1. The van der Waals surface area contributed by atoms with E-state index in [1.165, 1.54) is 0 Å². The van der Waals surface area contributed by atoms with Gasteiger partial charge in [0.2, 0.25) is 0 Å². The van der Waals surface area contributed by atoms with Crippen molar-refractivity contribution >= 4 is 17.3 Å². The van der Waals surface area contributed by atoms with E-state index in [4.69, 9.17) is 9.47 Å². The summed E-state index contributed by atoms with van der Waals surface area (Å²) in [5.74, 6) is -1.20. The van der Waals surface area contributed by atoms with E-state index in [1.54, 1.807) is 11.3 Å². The molecule has 2 heterocycles. The first-order valence-electron chi connectivity index (χ1n) is 7.11. The Morgan fingerprint density at radius 3 is 2.95 bits per heavy atom. The number of carboxylic acid groups (broad SMARTS) is 1. The number of fused-ring (bicyclic) bond motifs is 1. The van der Waals surface area contributed by atoms with Crippen molar-refractivity contribution in [1.29, 1.82) is 0 Å². The minimum atomic E-state index is -0.766. The van der Waals surface area contributed by atoms with Crippen LogP contribution in [0.2, 0.25) is 0 Å². The van der Waals surface area contributed by atoms with Gasteiger partial charge in [0, 0.05) is 37.5 Å². The fourth-order valence-electron chi connectivity index (χ4n) is 3.06. The molecule has 0 bridgehead atoms. The molecule has 1 unspecified atom stereocenters. The maximum atomic E-state index is 11.3. The second kappa shape index (κ2) is 5.42. The van der Waals surface area contributed by atoms with Crippen LogP contribution < -0.4 is 0 Å². The predicted octanol–water partition coefficient (Wildman–Crippen LogP) is 2.30. The van der Waals surface area contributed by atoms with Gasteiger partial charge in [-0.15, -0.1) is 11.3 Å². The van der Waals surface area contributed by atoms with Crippen molar-refractivity contribution < 1.29 is 19.4 Å². The molecule has 110 valence electrons. The van der Waals surface area contributed by atoms with Gasteiger partial charge in [0.05, 0.1) is 5.69 Å². The highest BCUT2D eigenvalue weighted by molar-refractivity contribution is 7.12. The topological polar surface area (TPSA) is 68.7 Å². The van der Waals surface area contributed by atoms with E-state index < -0.39 is 11.9 Å². The summed E-state index contributed by atoms with van der Waals surface area (Å²) >= 11 is 1.63. The minimum absolute atomic E-state index is 0.370. The first kappa shape index (κ1) is 14.0. The van der Waals surface area contributed by atoms with Crippen molar-refractivity contribution in [2.75, 3.05) is 19.8 Å². The smallest absolute Gasteiger partial charge is 0.312 e. The maximum Gasteiger partial charge on any atom is 0.312 e. The van der Waals surface area contributed by atoms with Crippen LogP contribution in [0.4, 0.5) is 0 Å². The molecule has 6 heteroatoms. The lowest BCUT2D eigenvalue weighted by molar-refractivity contribution is -0.138. The Bertz CT molecular complexity index is 502. The maximum absolute atomic E-state index is 11.3. The number of carbonyl (C=O) groups is 1. The second-order valence-corrected chi connectivity index (χ2v) is 6.38. The molecule has 1 aromatic heterocycles. The molecule has 1 atom stereocenters. The molecular weight excluding hydrogens is 278 g/mol. The average Bonchev–Trinajstić information content (AvgIpc) is 2.99. The summed E-state index contributed by atoms with van der Waals surface area (Å²) < 4.78 is 11.4. The van der Waals surface area contributed by atoms with Gasteiger partial charge >= 0.3 is 5.97 Å². The molecule has 1 saturated heterocycles. The van der Waals surface area contributed by atoms with Crippen LogP contribution >= 0.6 is 11.3 Å². The Labute approximate surface area is 121 Å². The van der Waals surface area contributed by atoms with Gasteiger partial charge in [-0.25, -0.2) is 4.98 Å². The third kappa shape index (κ3) is 2.25. The Kier molecular flexibility index (Phi) is 3.79. The number of thiazole rings is 1. The van der Waals surface area contributed by atoms with Crippen LogP contribution in [0, 0.1) is 0 Å². The van der Waals surface area contributed by atoms with Crippen LogP contribution in [0.5, 0.6) is 0 Å². The number of carboxylic acids is 1. The summed E-state index contributed by atoms with van der Waals surface area (Å²) in [5, 5.41) is 10.2. The zero-order valence-corrected chi connectivity index (χ0v) is 12.4. The molecule has 0 amide bonds. The first-order chi connectivity index (χ1) is 9.66. The summed E-state index contributed by atoms with van der Waals surface area (Å²) in [5.41, 5.74) is 0.397. The monoisotopic (exact) mass is 297 g/mol. The van der Waals surface area contributed by atoms with Gasteiger partial charge in [-0.1, -0.05) is 0 Å². The van der Waals surface area contributed by atoms with Gasteiger partial charge < -0.3 is 14.6 Å². The lowest BCUT2D eigenvalue weighted by Gasteiger charge is -2.35. The molecule has 1 N–H and O–H groups in total. The van der Waals surface area contributed by atoms with Gasteiger partial charge in [-0.05, 0) is 19.8 Å². The highest BCUT2D eigenvalue weighted by atomic mass is 32.1. The van der Waals surface area contributed by atoms with Gasteiger partial charge in [-0.2, -0.15) is 0 Å². The summed E-state index contributed by atoms with van der Waals surface area (Å²) in [6, 6.07) is 0. The van der Waals surface area contributed by atoms with Crippen molar-refractivity contribution in [3.05, 3.63) is 15.6 Å². The number of aliphatic carboxylic acids is 1. The van der Waals surface area contributed by atoms with E-state index in [0.29, 0.717) is 26.2 Å². The highest BCUT2D eigenvalue weighted by Gasteiger charge is 2.41. The second-order valence-electron chi connectivity index (χ2n) is 5.30. The van der Waals surface area contributed by atoms with Crippen LogP contribution in [0.25, 0.3) is 0 Å². The van der Waals surface area contributed by atoms with Crippen LogP contribution in [-0.4, -0.2) is 35.9 Å². The van der Waals surface area contributed by atoms with Crippen molar-refractivity contribution in [2.45, 2.75) is 44.1 Å². The number of ether oxygens (including phenoxy) is 2. The summed E-state index contributed by atoms with van der Waals surface area (Å²) in [6.45, 7) is 3.96. The van der Waals surface area contributed by atoms with E-state index in [1.807, 2.05) is 6.92 Å². The molecule has 0 spiro atoms. The fraction of sp³-hybridized carbons (Fsp3) is 0.714. The van der Waals surface area contributed by atoms with E-state index >= 15 is 0 Å². The molecular formula is C14H19NO4S. The summed E-state index contributed by atoms with van der Waals surface area (Å²) in [7, 11) is 0. The van der Waals surface area contributed by atoms with E-state index in [9.17, 15) is 9.90 Å². The number of hydrogen-bond acceptors (Lipinski definition) is 5. The fourth-order valence-corrected chi connectivity index (χ4v) is 4.40. The van der Waals surface area contributed by atoms with Crippen molar-refractivity contribution in [1.82, 2.24) is 4.98 Å². The quantitative estimate of drug-likeness (QED) is 0.923. The Morgan fingerprint density at radius 1 is 1.55 bits per heavy atom. The molecule has 3 rings (SSSR count). The van der Waals surface area contributed by atoms with Gasteiger partial charge in [0.15, 0.2) is 0 Å². The molecule has 1 fully saturated rings. The largest absolute Gasteiger partial charge is 0.481 e. The molecule has 2 aliphatic rings. The van der Waals surface area contributed by atoms with Gasteiger partial charge in [0.25, 0.3) is 0 Å². The van der Waals surface area contributed by atoms with Crippen molar-refractivity contribution in [2.24, 2.45) is 0 Å². The minimum Gasteiger partial charge on any atom is -0.481 e. The third-order valence-corrected chi connectivity index (χ3v) is 5.44. The first-order valence-corrected chi connectivity index (χ1v) is 7.92. The lowest BCUT2D eigenvalue weighted by Crippen LogP contribution is -2.36. The molecule has 0 saturated carbocycles. The molecule has 0 aromatic carbocycles. The van der Waals surface area contributed by atoms with Crippen molar-refractivity contribution in [3.63, 3.8) is 0 Å². The number of aromatic nitrogens is 1. The zero-order chi connectivity index (χ0) is 14.2. The van der Waals surface area contributed by atoms with Crippen LogP contribution in [-0.2, 0) is 26.3 Å². The van der Waals surface area contributed by atoms with E-state index in [0.717, 1.165) is 34.8 Å². The van der Waals surface area contributed by atoms with Crippen LogP contribution in [0.1, 0.15) is 47.7 Å². The average molecular weight is 297 g/mol. The summed E-state index contributed by atoms with van der Waals surface area (Å²) in [6.07, 6.45) is 3.09. The number of rotatable bonds is 4. The lowest BCUT2D eigenvalue weighted by atomic mass is 9.94. The normalized spacial score (nSPS) is 24.6.